The van der Waals surface area contributed by atoms with Gasteiger partial charge >= 0.3 is 5.97 Å². The Morgan fingerprint density at radius 2 is 2.11 bits per heavy atom. The van der Waals surface area contributed by atoms with Gasteiger partial charge in [0.1, 0.15) is 0 Å². The quantitative estimate of drug-likeness (QED) is 0.788. The van der Waals surface area contributed by atoms with E-state index in [1.165, 1.54) is 0 Å². The molecule has 5 heteroatoms. The van der Waals surface area contributed by atoms with E-state index in [-0.39, 0.29) is 23.8 Å². The van der Waals surface area contributed by atoms with E-state index in [0.717, 1.165) is 6.42 Å². The Morgan fingerprint density at radius 3 is 2.56 bits per heavy atom. The number of carbonyl (C=O) groups is 2. The summed E-state index contributed by atoms with van der Waals surface area (Å²) in [5.74, 6) is -0.980. The zero-order valence-corrected chi connectivity index (χ0v) is 11.4. The molecule has 0 aromatic heterocycles. The molecule has 0 spiro atoms. The second-order valence-corrected chi connectivity index (χ2v) is 5.35. The summed E-state index contributed by atoms with van der Waals surface area (Å²) in [6, 6.07) is -0.513. The molecule has 1 amide bonds. The molecule has 0 saturated carbocycles. The number of hydrogen-bond acceptors (Lipinski definition) is 3. The van der Waals surface area contributed by atoms with Gasteiger partial charge in [-0.25, -0.2) is 0 Å². The van der Waals surface area contributed by atoms with Crippen LogP contribution in [0.5, 0.6) is 0 Å². The lowest BCUT2D eigenvalue weighted by molar-refractivity contribution is -0.148. The van der Waals surface area contributed by atoms with Crippen LogP contribution in [0.15, 0.2) is 0 Å². The molecule has 2 unspecified atom stereocenters. The number of carbonyl (C=O) groups excluding carboxylic acids is 1. The van der Waals surface area contributed by atoms with Crippen molar-refractivity contribution in [2.24, 2.45) is 17.6 Å². The van der Waals surface area contributed by atoms with Crippen molar-refractivity contribution in [2.75, 3.05) is 6.54 Å². The van der Waals surface area contributed by atoms with Crippen LogP contribution >= 0.6 is 0 Å². The van der Waals surface area contributed by atoms with Crippen LogP contribution in [0.3, 0.4) is 0 Å². The molecular weight excluding hydrogens is 232 g/mol. The van der Waals surface area contributed by atoms with Crippen LogP contribution in [0.25, 0.3) is 0 Å². The molecule has 1 fully saturated rings. The fourth-order valence-electron chi connectivity index (χ4n) is 2.41. The minimum atomic E-state index is -0.764. The average molecular weight is 256 g/mol. The summed E-state index contributed by atoms with van der Waals surface area (Å²) >= 11 is 0. The van der Waals surface area contributed by atoms with Gasteiger partial charge in [-0.15, -0.1) is 0 Å². The number of piperidine rings is 1. The maximum atomic E-state index is 12.2. The lowest BCUT2D eigenvalue weighted by atomic mass is 9.90. The Bertz CT molecular complexity index is 319. The molecule has 0 aliphatic carbocycles. The fourth-order valence-corrected chi connectivity index (χ4v) is 2.41. The van der Waals surface area contributed by atoms with Crippen LogP contribution in [0.1, 0.15) is 40.0 Å². The normalized spacial score (nSPS) is 27.7. The molecule has 104 valence electrons. The van der Waals surface area contributed by atoms with E-state index in [9.17, 15) is 9.59 Å². The smallest absolute Gasteiger partial charge is 0.306 e. The number of amides is 1. The molecule has 3 N–H and O–H groups in total. The average Bonchev–Trinajstić information content (AvgIpc) is 2.35. The maximum Gasteiger partial charge on any atom is 0.306 e. The summed E-state index contributed by atoms with van der Waals surface area (Å²) in [5.41, 5.74) is 5.95. The van der Waals surface area contributed by atoms with Gasteiger partial charge in [-0.05, 0) is 25.7 Å². The van der Waals surface area contributed by atoms with E-state index < -0.39 is 12.0 Å². The van der Waals surface area contributed by atoms with Gasteiger partial charge < -0.3 is 15.7 Å². The molecule has 5 nitrogen and oxygen atoms in total. The van der Waals surface area contributed by atoms with E-state index in [2.05, 4.69) is 0 Å². The van der Waals surface area contributed by atoms with Crippen molar-refractivity contribution in [3.63, 3.8) is 0 Å². The maximum absolute atomic E-state index is 12.2. The zero-order chi connectivity index (χ0) is 13.9. The molecule has 1 aliphatic rings. The van der Waals surface area contributed by atoms with Gasteiger partial charge in [0.2, 0.25) is 5.91 Å². The van der Waals surface area contributed by atoms with Crippen molar-refractivity contribution >= 4 is 11.9 Å². The molecule has 4 atom stereocenters. The zero-order valence-electron chi connectivity index (χ0n) is 11.4. The molecule has 1 aliphatic heterocycles. The van der Waals surface area contributed by atoms with Gasteiger partial charge in [0.05, 0.1) is 12.0 Å². The number of nitrogens with two attached hydrogens (primary N) is 1. The molecule has 0 aromatic carbocycles. The van der Waals surface area contributed by atoms with E-state index in [1.807, 2.05) is 20.8 Å². The van der Waals surface area contributed by atoms with Gasteiger partial charge in [-0.3, -0.25) is 9.59 Å². The summed E-state index contributed by atoms with van der Waals surface area (Å²) in [5, 5.41) is 8.99. The van der Waals surface area contributed by atoms with Crippen molar-refractivity contribution in [1.29, 1.82) is 0 Å². The number of hydrogen-bond donors (Lipinski definition) is 2. The third kappa shape index (κ3) is 3.22. The van der Waals surface area contributed by atoms with Crippen molar-refractivity contribution in [1.82, 2.24) is 4.90 Å². The minimum absolute atomic E-state index is 0.0394. The van der Waals surface area contributed by atoms with Crippen molar-refractivity contribution in [3.05, 3.63) is 0 Å². The van der Waals surface area contributed by atoms with E-state index in [0.29, 0.717) is 19.4 Å². The number of likely N-dealkylation sites (tertiary alicyclic amines) is 1. The van der Waals surface area contributed by atoms with E-state index in [4.69, 9.17) is 10.8 Å². The Balaban J connectivity index is 2.63. The molecule has 0 radical (unpaired) electrons. The second-order valence-electron chi connectivity index (χ2n) is 5.35. The van der Waals surface area contributed by atoms with E-state index in [1.54, 1.807) is 4.90 Å². The summed E-state index contributed by atoms with van der Waals surface area (Å²) in [6.07, 6.45) is 1.92. The number of rotatable bonds is 4. The number of carboxylic acid groups (broad SMARTS) is 1. The molecule has 18 heavy (non-hydrogen) atoms. The van der Waals surface area contributed by atoms with Crippen LogP contribution in [-0.4, -0.2) is 40.5 Å². The highest BCUT2D eigenvalue weighted by Gasteiger charge is 2.34. The Morgan fingerprint density at radius 1 is 1.50 bits per heavy atom. The van der Waals surface area contributed by atoms with Gasteiger partial charge in [0.15, 0.2) is 0 Å². The van der Waals surface area contributed by atoms with Crippen LogP contribution in [0.2, 0.25) is 0 Å². The third-order valence-corrected chi connectivity index (χ3v) is 4.05. The lowest BCUT2D eigenvalue weighted by Crippen LogP contribution is -2.53. The predicted octanol–water partition coefficient (Wildman–Crippen LogP) is 1.07. The largest absolute Gasteiger partial charge is 0.481 e. The van der Waals surface area contributed by atoms with Crippen LogP contribution < -0.4 is 5.73 Å². The number of nitrogens with zero attached hydrogens (tertiary/aromatic N) is 1. The first-order chi connectivity index (χ1) is 8.38. The summed E-state index contributed by atoms with van der Waals surface area (Å²) in [6.45, 7) is 6.38. The summed E-state index contributed by atoms with van der Waals surface area (Å²) in [7, 11) is 0. The fraction of sp³-hybridized carbons (Fsp3) is 0.846. The first-order valence-electron chi connectivity index (χ1n) is 6.67. The monoisotopic (exact) mass is 256 g/mol. The first kappa shape index (κ1) is 15.0. The second kappa shape index (κ2) is 6.18. The van der Waals surface area contributed by atoms with Crippen LogP contribution in [-0.2, 0) is 9.59 Å². The third-order valence-electron chi connectivity index (χ3n) is 4.05. The standard InChI is InChI=1S/C13H24N2O3/c1-4-8(2)11(14)12(16)15-6-5-10(13(17)18)7-9(15)3/h8-11H,4-7,14H2,1-3H3,(H,17,18)/t8-,9?,10?,11-/m0/s1. The molecular formula is C13H24N2O3. The van der Waals surface area contributed by atoms with Gasteiger partial charge in [0.25, 0.3) is 0 Å². The lowest BCUT2D eigenvalue weighted by Gasteiger charge is -2.38. The molecule has 1 saturated heterocycles. The molecule has 1 heterocycles. The first-order valence-corrected chi connectivity index (χ1v) is 6.67. The van der Waals surface area contributed by atoms with E-state index >= 15 is 0 Å². The van der Waals surface area contributed by atoms with Crippen molar-refractivity contribution in [2.45, 2.75) is 52.1 Å². The summed E-state index contributed by atoms with van der Waals surface area (Å²) in [4.78, 5) is 24.9. The number of carboxylic acids is 1. The van der Waals surface area contributed by atoms with Gasteiger partial charge in [-0.2, -0.15) is 0 Å². The SMILES string of the molecule is CC[C@H](C)[C@H](N)C(=O)N1CCC(C(=O)O)CC1C. The van der Waals surface area contributed by atoms with Crippen LogP contribution in [0, 0.1) is 11.8 Å². The predicted molar refractivity (Wildman–Crippen MR) is 69.0 cm³/mol. The Hall–Kier alpha value is -1.10. The van der Waals surface area contributed by atoms with Crippen molar-refractivity contribution < 1.29 is 14.7 Å². The van der Waals surface area contributed by atoms with Crippen molar-refractivity contribution in [3.8, 4) is 0 Å². The van der Waals surface area contributed by atoms with Gasteiger partial charge in [0, 0.05) is 12.6 Å². The Kier molecular flexibility index (Phi) is 5.14. The topological polar surface area (TPSA) is 83.6 Å². The molecule has 0 bridgehead atoms. The Labute approximate surface area is 108 Å². The minimum Gasteiger partial charge on any atom is -0.481 e. The summed E-state index contributed by atoms with van der Waals surface area (Å²) < 4.78 is 0. The number of aliphatic carboxylic acids is 1. The molecule has 0 aromatic rings. The van der Waals surface area contributed by atoms with Gasteiger partial charge in [-0.1, -0.05) is 20.3 Å². The highest BCUT2D eigenvalue weighted by atomic mass is 16.4. The highest BCUT2D eigenvalue weighted by molar-refractivity contribution is 5.82. The molecule has 1 rings (SSSR count). The highest BCUT2D eigenvalue weighted by Crippen LogP contribution is 2.24. The van der Waals surface area contributed by atoms with Crippen LogP contribution in [0.4, 0.5) is 0 Å².